The first-order chi connectivity index (χ1) is 6.65. The highest BCUT2D eigenvalue weighted by atomic mass is 16.5. The van der Waals surface area contributed by atoms with Crippen LogP contribution in [0, 0.1) is 0 Å². The van der Waals surface area contributed by atoms with Gasteiger partial charge in [-0.2, -0.15) is 0 Å². The number of methoxy groups -OCH3 is 1. The molecule has 1 rings (SSSR count). The SMILES string of the molecule is C=C(OC)/C(O)=C/C(=O)C1=CCCO1. The van der Waals surface area contributed by atoms with Crippen LogP contribution in [0.3, 0.4) is 0 Å². The Morgan fingerprint density at radius 3 is 3.00 bits per heavy atom. The molecule has 0 aromatic heterocycles. The topological polar surface area (TPSA) is 55.8 Å². The summed E-state index contributed by atoms with van der Waals surface area (Å²) in [5.74, 6) is -0.343. The van der Waals surface area contributed by atoms with Gasteiger partial charge in [0.1, 0.15) is 0 Å². The van der Waals surface area contributed by atoms with Crippen LogP contribution in [0.4, 0.5) is 0 Å². The van der Waals surface area contributed by atoms with Gasteiger partial charge in [0.15, 0.2) is 17.3 Å². The van der Waals surface area contributed by atoms with Gasteiger partial charge in [-0.1, -0.05) is 6.58 Å². The molecule has 0 radical (unpaired) electrons. The summed E-state index contributed by atoms with van der Waals surface area (Å²) in [4.78, 5) is 11.3. The Morgan fingerprint density at radius 1 is 1.79 bits per heavy atom. The van der Waals surface area contributed by atoms with Gasteiger partial charge in [0.25, 0.3) is 0 Å². The molecule has 0 atom stereocenters. The summed E-state index contributed by atoms with van der Waals surface area (Å²) in [5, 5.41) is 9.28. The third-order valence-corrected chi connectivity index (χ3v) is 1.75. The van der Waals surface area contributed by atoms with Gasteiger partial charge in [0.2, 0.25) is 5.78 Å². The Morgan fingerprint density at radius 2 is 2.50 bits per heavy atom. The second-order valence-electron chi connectivity index (χ2n) is 2.73. The van der Waals surface area contributed by atoms with E-state index in [0.29, 0.717) is 6.61 Å². The van der Waals surface area contributed by atoms with E-state index >= 15 is 0 Å². The van der Waals surface area contributed by atoms with Crippen molar-refractivity contribution in [2.45, 2.75) is 6.42 Å². The summed E-state index contributed by atoms with van der Waals surface area (Å²) in [6.45, 7) is 3.91. The first kappa shape index (κ1) is 10.4. The molecular formula is C10H12O4. The Hall–Kier alpha value is -1.71. The number of hydrogen-bond donors (Lipinski definition) is 1. The molecule has 1 aliphatic heterocycles. The van der Waals surface area contributed by atoms with Gasteiger partial charge < -0.3 is 14.6 Å². The highest BCUT2D eigenvalue weighted by Gasteiger charge is 2.14. The molecule has 1 N–H and O–H groups in total. The van der Waals surface area contributed by atoms with Gasteiger partial charge in [0.05, 0.1) is 13.7 Å². The average Bonchev–Trinajstić information content (AvgIpc) is 2.69. The Bertz CT molecular complexity index is 312. The fourth-order valence-electron chi connectivity index (χ4n) is 0.970. The van der Waals surface area contributed by atoms with Crippen molar-refractivity contribution in [3.63, 3.8) is 0 Å². The van der Waals surface area contributed by atoms with Crippen molar-refractivity contribution in [2.75, 3.05) is 13.7 Å². The number of ketones is 1. The van der Waals surface area contributed by atoms with Gasteiger partial charge in [-0.3, -0.25) is 4.79 Å². The summed E-state index contributed by atoms with van der Waals surface area (Å²) < 4.78 is 9.66. The molecule has 0 spiro atoms. The van der Waals surface area contributed by atoms with Crippen molar-refractivity contribution in [2.24, 2.45) is 0 Å². The van der Waals surface area contributed by atoms with Crippen molar-refractivity contribution in [1.29, 1.82) is 0 Å². The van der Waals surface area contributed by atoms with E-state index in [4.69, 9.17) is 4.74 Å². The van der Waals surface area contributed by atoms with Crippen LogP contribution in [0.2, 0.25) is 0 Å². The van der Waals surface area contributed by atoms with Gasteiger partial charge in [-0.05, 0) is 6.08 Å². The normalized spacial score (nSPS) is 15.8. The first-order valence-corrected chi connectivity index (χ1v) is 4.16. The van der Waals surface area contributed by atoms with Crippen LogP contribution in [0.1, 0.15) is 6.42 Å². The number of aliphatic hydroxyl groups excluding tert-OH is 1. The first-order valence-electron chi connectivity index (χ1n) is 4.16. The van der Waals surface area contributed by atoms with Crippen LogP contribution >= 0.6 is 0 Å². The maximum absolute atomic E-state index is 11.3. The van der Waals surface area contributed by atoms with Crippen molar-refractivity contribution in [3.05, 3.63) is 36.0 Å². The molecule has 0 amide bonds. The molecule has 1 aliphatic rings. The lowest BCUT2D eigenvalue weighted by molar-refractivity contribution is -0.114. The lowest BCUT2D eigenvalue weighted by Crippen LogP contribution is -2.02. The van der Waals surface area contributed by atoms with E-state index in [1.54, 1.807) is 6.08 Å². The smallest absolute Gasteiger partial charge is 0.223 e. The minimum atomic E-state index is -0.377. The number of ether oxygens (including phenoxy) is 2. The van der Waals surface area contributed by atoms with E-state index < -0.39 is 0 Å². The third kappa shape index (κ3) is 2.39. The largest absolute Gasteiger partial charge is 0.504 e. The van der Waals surface area contributed by atoms with E-state index in [-0.39, 0.29) is 23.1 Å². The van der Waals surface area contributed by atoms with E-state index in [1.165, 1.54) is 7.11 Å². The molecule has 0 unspecified atom stereocenters. The number of carbonyl (C=O) groups is 1. The van der Waals surface area contributed by atoms with E-state index in [2.05, 4.69) is 11.3 Å². The minimum Gasteiger partial charge on any atom is -0.504 e. The summed E-state index contributed by atoms with van der Waals surface area (Å²) in [7, 11) is 1.36. The third-order valence-electron chi connectivity index (χ3n) is 1.75. The number of allylic oxidation sites excluding steroid dienone is 1. The zero-order valence-corrected chi connectivity index (χ0v) is 7.95. The van der Waals surface area contributed by atoms with Crippen molar-refractivity contribution in [3.8, 4) is 0 Å². The lowest BCUT2D eigenvalue weighted by Gasteiger charge is -2.02. The van der Waals surface area contributed by atoms with Gasteiger partial charge in [0, 0.05) is 12.5 Å². The van der Waals surface area contributed by atoms with Gasteiger partial charge >= 0.3 is 0 Å². The molecule has 0 aromatic rings. The zero-order chi connectivity index (χ0) is 10.6. The summed E-state index contributed by atoms with van der Waals surface area (Å²) in [5.41, 5.74) is 0. The van der Waals surface area contributed by atoms with Crippen LogP contribution in [-0.4, -0.2) is 24.6 Å². The molecule has 1 heterocycles. The van der Waals surface area contributed by atoms with Gasteiger partial charge in [-0.25, -0.2) is 0 Å². The van der Waals surface area contributed by atoms with E-state index in [0.717, 1.165) is 12.5 Å². The molecule has 76 valence electrons. The van der Waals surface area contributed by atoms with Crippen molar-refractivity contribution in [1.82, 2.24) is 0 Å². The summed E-state index contributed by atoms with van der Waals surface area (Å²) >= 11 is 0. The average molecular weight is 196 g/mol. The molecular weight excluding hydrogens is 184 g/mol. The molecule has 0 aliphatic carbocycles. The lowest BCUT2D eigenvalue weighted by atomic mass is 10.2. The van der Waals surface area contributed by atoms with Gasteiger partial charge in [-0.15, -0.1) is 0 Å². The summed E-state index contributed by atoms with van der Waals surface area (Å²) in [6.07, 6.45) is 3.44. The number of rotatable bonds is 4. The number of hydrogen-bond acceptors (Lipinski definition) is 4. The predicted octanol–water partition coefficient (Wildman–Crippen LogP) is 1.46. The Kier molecular flexibility index (Phi) is 3.34. The number of carbonyl (C=O) groups excluding carboxylic acids is 1. The molecule has 4 heteroatoms. The second-order valence-corrected chi connectivity index (χ2v) is 2.73. The summed E-state index contributed by atoms with van der Waals surface area (Å²) in [6, 6.07) is 0. The maximum atomic E-state index is 11.3. The molecule has 0 aromatic carbocycles. The van der Waals surface area contributed by atoms with Crippen LogP contribution in [-0.2, 0) is 14.3 Å². The van der Waals surface area contributed by atoms with E-state index in [1.807, 2.05) is 0 Å². The highest BCUT2D eigenvalue weighted by molar-refractivity contribution is 6.03. The molecule has 0 saturated carbocycles. The van der Waals surface area contributed by atoms with Crippen molar-refractivity contribution < 1.29 is 19.4 Å². The zero-order valence-electron chi connectivity index (χ0n) is 7.95. The fraction of sp³-hybridized carbons (Fsp3) is 0.300. The monoisotopic (exact) mass is 196 g/mol. The molecule has 4 nitrogen and oxygen atoms in total. The van der Waals surface area contributed by atoms with E-state index in [9.17, 15) is 9.90 Å². The minimum absolute atomic E-state index is 0.0527. The number of aliphatic hydroxyl groups is 1. The maximum Gasteiger partial charge on any atom is 0.223 e. The Labute approximate surface area is 82.1 Å². The van der Waals surface area contributed by atoms with Crippen LogP contribution in [0.15, 0.2) is 36.0 Å². The Balaban J connectivity index is 2.67. The van der Waals surface area contributed by atoms with Crippen molar-refractivity contribution >= 4 is 5.78 Å². The highest BCUT2D eigenvalue weighted by Crippen LogP contribution is 2.13. The molecule has 0 fully saturated rings. The van der Waals surface area contributed by atoms with Crippen LogP contribution in [0.5, 0.6) is 0 Å². The molecule has 14 heavy (non-hydrogen) atoms. The molecule has 0 saturated heterocycles. The second kappa shape index (κ2) is 4.50. The van der Waals surface area contributed by atoms with Crippen LogP contribution in [0.25, 0.3) is 0 Å². The molecule has 0 bridgehead atoms. The van der Waals surface area contributed by atoms with Crippen LogP contribution < -0.4 is 0 Å². The predicted molar refractivity (Wildman–Crippen MR) is 50.5 cm³/mol. The fourth-order valence-corrected chi connectivity index (χ4v) is 0.970. The quantitative estimate of drug-likeness (QED) is 0.420. The standard InChI is InChI=1S/C10H12O4/c1-7(13-2)8(11)6-9(12)10-4-3-5-14-10/h4,6,11H,1,3,5H2,2H3/b8-6-.